The van der Waals surface area contributed by atoms with Gasteiger partial charge in [-0.25, -0.2) is 0 Å². The van der Waals surface area contributed by atoms with Crippen molar-refractivity contribution in [1.82, 2.24) is 0 Å². The van der Waals surface area contributed by atoms with Gasteiger partial charge in [-0.1, -0.05) is 36.4 Å². The standard InChI is InChI=1S/C21H26O2/c1-4-22-14-16-12-19(17-10-11-17)21(18-8-6-5-7-9-18)20(13-16)23-15(2)3/h5-9,12-13,15,17H,4,10-11,14H2,1-3H3. The van der Waals surface area contributed by atoms with E-state index >= 15 is 0 Å². The van der Waals surface area contributed by atoms with Crippen molar-refractivity contribution in [2.24, 2.45) is 0 Å². The van der Waals surface area contributed by atoms with Crippen molar-refractivity contribution in [1.29, 1.82) is 0 Å². The van der Waals surface area contributed by atoms with Crippen LogP contribution in [0.1, 0.15) is 50.7 Å². The molecule has 3 rings (SSSR count). The Kier molecular flexibility index (Phi) is 5.02. The van der Waals surface area contributed by atoms with E-state index in [0.717, 1.165) is 12.4 Å². The minimum atomic E-state index is 0.159. The molecule has 23 heavy (non-hydrogen) atoms. The van der Waals surface area contributed by atoms with Gasteiger partial charge >= 0.3 is 0 Å². The minimum Gasteiger partial charge on any atom is -0.490 e. The fraction of sp³-hybridized carbons (Fsp3) is 0.429. The van der Waals surface area contributed by atoms with Crippen LogP contribution in [0, 0.1) is 0 Å². The average molecular weight is 310 g/mol. The van der Waals surface area contributed by atoms with Crippen molar-refractivity contribution in [3.8, 4) is 16.9 Å². The van der Waals surface area contributed by atoms with Crippen molar-refractivity contribution >= 4 is 0 Å². The smallest absolute Gasteiger partial charge is 0.128 e. The lowest BCUT2D eigenvalue weighted by atomic mass is 9.93. The van der Waals surface area contributed by atoms with Crippen LogP contribution in [0.3, 0.4) is 0 Å². The topological polar surface area (TPSA) is 18.5 Å². The molecule has 122 valence electrons. The zero-order valence-corrected chi connectivity index (χ0v) is 14.3. The molecule has 2 heteroatoms. The Labute approximate surface area is 139 Å². The van der Waals surface area contributed by atoms with Gasteiger partial charge in [0.2, 0.25) is 0 Å². The molecule has 0 aliphatic heterocycles. The minimum absolute atomic E-state index is 0.159. The first-order valence-corrected chi connectivity index (χ1v) is 8.65. The second-order valence-electron chi connectivity index (χ2n) is 6.50. The van der Waals surface area contributed by atoms with Gasteiger partial charge in [-0.15, -0.1) is 0 Å². The molecule has 0 aromatic heterocycles. The molecule has 0 N–H and O–H groups in total. The van der Waals surface area contributed by atoms with Crippen LogP contribution in [-0.2, 0) is 11.3 Å². The van der Waals surface area contributed by atoms with E-state index in [-0.39, 0.29) is 6.10 Å². The van der Waals surface area contributed by atoms with Crippen LogP contribution in [0.4, 0.5) is 0 Å². The highest BCUT2D eigenvalue weighted by Gasteiger charge is 2.29. The molecule has 1 fully saturated rings. The third-order valence-electron chi connectivity index (χ3n) is 4.11. The molecule has 0 saturated heterocycles. The summed E-state index contributed by atoms with van der Waals surface area (Å²) in [5.41, 5.74) is 5.14. The lowest BCUT2D eigenvalue weighted by Gasteiger charge is -2.20. The van der Waals surface area contributed by atoms with Crippen molar-refractivity contribution < 1.29 is 9.47 Å². The molecule has 2 nitrogen and oxygen atoms in total. The van der Waals surface area contributed by atoms with Gasteiger partial charge < -0.3 is 9.47 Å². The second kappa shape index (κ2) is 7.18. The van der Waals surface area contributed by atoms with E-state index in [4.69, 9.17) is 9.47 Å². The number of benzene rings is 2. The number of rotatable bonds is 7. The van der Waals surface area contributed by atoms with Crippen LogP contribution in [0.2, 0.25) is 0 Å². The largest absolute Gasteiger partial charge is 0.490 e. The van der Waals surface area contributed by atoms with Crippen LogP contribution in [0.5, 0.6) is 5.75 Å². The molecule has 2 aromatic carbocycles. The number of ether oxygens (including phenoxy) is 2. The predicted molar refractivity (Wildman–Crippen MR) is 94.9 cm³/mol. The zero-order chi connectivity index (χ0) is 16.2. The monoisotopic (exact) mass is 310 g/mol. The van der Waals surface area contributed by atoms with Gasteiger partial charge in [0.15, 0.2) is 0 Å². The summed E-state index contributed by atoms with van der Waals surface area (Å²) in [6, 6.07) is 15.1. The van der Waals surface area contributed by atoms with Crippen LogP contribution in [0.25, 0.3) is 11.1 Å². The summed E-state index contributed by atoms with van der Waals surface area (Å²) < 4.78 is 11.8. The molecule has 1 aliphatic carbocycles. The third kappa shape index (κ3) is 3.94. The fourth-order valence-electron chi connectivity index (χ4n) is 2.98. The first kappa shape index (κ1) is 16.1. The molecule has 1 aliphatic rings. The number of hydrogen-bond acceptors (Lipinski definition) is 2. The van der Waals surface area contributed by atoms with Gasteiger partial charge in [-0.05, 0) is 62.3 Å². The first-order chi connectivity index (χ1) is 11.2. The Morgan fingerprint density at radius 3 is 2.43 bits per heavy atom. The highest BCUT2D eigenvalue weighted by atomic mass is 16.5. The summed E-state index contributed by atoms with van der Waals surface area (Å²) in [7, 11) is 0. The van der Waals surface area contributed by atoms with Gasteiger partial charge in [0.05, 0.1) is 12.7 Å². The van der Waals surface area contributed by atoms with Crippen LogP contribution >= 0.6 is 0 Å². The Balaban J connectivity index is 2.10. The highest BCUT2D eigenvalue weighted by molar-refractivity contribution is 5.76. The molecule has 1 saturated carbocycles. The molecular weight excluding hydrogens is 284 g/mol. The summed E-state index contributed by atoms with van der Waals surface area (Å²) in [6.07, 6.45) is 2.71. The fourth-order valence-corrected chi connectivity index (χ4v) is 2.98. The van der Waals surface area contributed by atoms with Crippen LogP contribution < -0.4 is 4.74 Å². The second-order valence-corrected chi connectivity index (χ2v) is 6.50. The predicted octanol–water partition coefficient (Wildman–Crippen LogP) is 5.55. The van der Waals surface area contributed by atoms with Gasteiger partial charge in [0.25, 0.3) is 0 Å². The molecule has 0 atom stereocenters. The normalized spacial score (nSPS) is 14.3. The van der Waals surface area contributed by atoms with Crippen molar-refractivity contribution in [2.45, 2.75) is 52.2 Å². The molecule has 0 heterocycles. The summed E-state index contributed by atoms with van der Waals surface area (Å²) >= 11 is 0. The first-order valence-electron chi connectivity index (χ1n) is 8.65. The molecular formula is C21H26O2. The summed E-state index contributed by atoms with van der Waals surface area (Å²) in [4.78, 5) is 0. The SMILES string of the molecule is CCOCc1cc(OC(C)C)c(-c2ccccc2)c(C2CC2)c1. The van der Waals surface area contributed by atoms with Gasteiger partial charge in [-0.3, -0.25) is 0 Å². The zero-order valence-electron chi connectivity index (χ0n) is 14.3. The average Bonchev–Trinajstić information content (AvgIpc) is 3.37. The molecule has 0 radical (unpaired) electrons. The van der Waals surface area contributed by atoms with Crippen LogP contribution in [0.15, 0.2) is 42.5 Å². The Hall–Kier alpha value is -1.80. The Morgan fingerprint density at radius 1 is 1.09 bits per heavy atom. The van der Waals surface area contributed by atoms with E-state index in [0.29, 0.717) is 12.5 Å². The maximum Gasteiger partial charge on any atom is 0.128 e. The van der Waals surface area contributed by atoms with Gasteiger partial charge in [-0.2, -0.15) is 0 Å². The molecule has 0 bridgehead atoms. The molecule has 2 aromatic rings. The van der Waals surface area contributed by atoms with E-state index in [1.54, 1.807) is 0 Å². The van der Waals surface area contributed by atoms with E-state index in [2.05, 4.69) is 56.3 Å². The summed E-state index contributed by atoms with van der Waals surface area (Å²) in [5, 5.41) is 0. The Morgan fingerprint density at radius 2 is 1.83 bits per heavy atom. The van der Waals surface area contributed by atoms with Gasteiger partial charge in [0.1, 0.15) is 5.75 Å². The maximum absolute atomic E-state index is 6.18. The van der Waals surface area contributed by atoms with Crippen molar-refractivity contribution in [2.75, 3.05) is 6.61 Å². The molecule has 0 spiro atoms. The van der Waals surface area contributed by atoms with Crippen molar-refractivity contribution in [3.05, 3.63) is 53.6 Å². The summed E-state index contributed by atoms with van der Waals surface area (Å²) in [6.45, 7) is 7.59. The number of hydrogen-bond donors (Lipinski definition) is 0. The van der Waals surface area contributed by atoms with E-state index < -0.39 is 0 Å². The third-order valence-corrected chi connectivity index (χ3v) is 4.11. The van der Waals surface area contributed by atoms with Crippen LogP contribution in [-0.4, -0.2) is 12.7 Å². The molecule has 0 amide bonds. The van der Waals surface area contributed by atoms with Gasteiger partial charge in [0, 0.05) is 12.2 Å². The Bertz CT molecular complexity index is 642. The van der Waals surface area contributed by atoms with E-state index in [9.17, 15) is 0 Å². The lowest BCUT2D eigenvalue weighted by molar-refractivity contribution is 0.133. The maximum atomic E-state index is 6.18. The molecule has 0 unspecified atom stereocenters. The summed E-state index contributed by atoms with van der Waals surface area (Å²) in [5.74, 6) is 1.66. The van der Waals surface area contributed by atoms with E-state index in [1.165, 1.54) is 35.1 Å². The quantitative estimate of drug-likeness (QED) is 0.667. The van der Waals surface area contributed by atoms with Crippen molar-refractivity contribution in [3.63, 3.8) is 0 Å². The highest BCUT2D eigenvalue weighted by Crippen LogP contribution is 2.48. The lowest BCUT2D eigenvalue weighted by Crippen LogP contribution is -2.08. The van der Waals surface area contributed by atoms with E-state index in [1.807, 2.05) is 6.92 Å².